The van der Waals surface area contributed by atoms with Crippen LogP contribution in [0, 0.1) is 0 Å². The highest BCUT2D eigenvalue weighted by Gasteiger charge is 2.13. The molecule has 0 aliphatic heterocycles. The molecule has 6 heteroatoms. The summed E-state index contributed by atoms with van der Waals surface area (Å²) in [5, 5.41) is 6.03. The molecular weight excluding hydrogens is 328 g/mol. The first-order chi connectivity index (χ1) is 11.6. The molecule has 120 valence electrons. The molecule has 3 aromatic rings. The van der Waals surface area contributed by atoms with E-state index in [1.54, 1.807) is 60.7 Å². The van der Waals surface area contributed by atoms with Crippen molar-refractivity contribution in [1.82, 2.24) is 0 Å². The minimum Gasteiger partial charge on any atom is -0.459 e. The maximum atomic E-state index is 12.3. The van der Waals surface area contributed by atoms with Crippen molar-refractivity contribution in [2.45, 2.75) is 0 Å². The lowest BCUT2D eigenvalue weighted by Crippen LogP contribution is -2.16. The molecule has 1 heterocycles. The highest BCUT2D eigenvalue weighted by molar-refractivity contribution is 6.30. The Morgan fingerprint density at radius 3 is 2.00 bits per heavy atom. The van der Waals surface area contributed by atoms with Gasteiger partial charge in [0.25, 0.3) is 11.8 Å². The van der Waals surface area contributed by atoms with E-state index in [9.17, 15) is 9.59 Å². The molecule has 0 saturated carbocycles. The van der Waals surface area contributed by atoms with Crippen LogP contribution in [0.2, 0.25) is 5.02 Å². The normalized spacial score (nSPS) is 10.2. The van der Waals surface area contributed by atoms with Crippen molar-refractivity contribution in [2.24, 2.45) is 0 Å². The molecule has 0 saturated heterocycles. The van der Waals surface area contributed by atoms with Gasteiger partial charge in [-0.1, -0.05) is 23.7 Å². The van der Waals surface area contributed by atoms with E-state index in [-0.39, 0.29) is 11.7 Å². The van der Waals surface area contributed by atoms with E-state index in [4.69, 9.17) is 16.0 Å². The number of amides is 2. The van der Waals surface area contributed by atoms with Crippen LogP contribution in [0.5, 0.6) is 0 Å². The molecule has 1 aromatic heterocycles. The molecule has 0 spiro atoms. The molecule has 2 amide bonds. The monoisotopic (exact) mass is 340 g/mol. The van der Waals surface area contributed by atoms with E-state index in [2.05, 4.69) is 10.6 Å². The van der Waals surface area contributed by atoms with Gasteiger partial charge in [0.1, 0.15) is 0 Å². The van der Waals surface area contributed by atoms with Gasteiger partial charge in [-0.3, -0.25) is 9.59 Å². The fourth-order valence-electron chi connectivity index (χ4n) is 2.09. The van der Waals surface area contributed by atoms with E-state index in [1.165, 1.54) is 6.26 Å². The molecular formula is C18H13ClN2O3. The highest BCUT2D eigenvalue weighted by atomic mass is 35.5. The van der Waals surface area contributed by atoms with Crippen molar-refractivity contribution < 1.29 is 14.0 Å². The summed E-state index contributed by atoms with van der Waals surface area (Å²) in [7, 11) is 0. The number of carbonyl (C=O) groups is 2. The predicted octanol–water partition coefficient (Wildman–Crippen LogP) is 4.44. The van der Waals surface area contributed by atoms with Gasteiger partial charge in [0.15, 0.2) is 5.76 Å². The van der Waals surface area contributed by atoms with Crippen LogP contribution in [0.15, 0.2) is 71.3 Å². The first-order valence-electron chi connectivity index (χ1n) is 7.14. The third kappa shape index (κ3) is 3.64. The number of furan rings is 1. The largest absolute Gasteiger partial charge is 0.459 e. The molecule has 5 nitrogen and oxygen atoms in total. The average Bonchev–Trinajstić information content (AvgIpc) is 3.12. The van der Waals surface area contributed by atoms with Gasteiger partial charge in [-0.15, -0.1) is 0 Å². The van der Waals surface area contributed by atoms with Crippen molar-refractivity contribution >= 4 is 34.8 Å². The van der Waals surface area contributed by atoms with Crippen LogP contribution in [-0.4, -0.2) is 11.8 Å². The Labute approximate surface area is 143 Å². The summed E-state index contributed by atoms with van der Waals surface area (Å²) < 4.78 is 5.06. The second kappa shape index (κ2) is 7.02. The van der Waals surface area contributed by atoms with Crippen LogP contribution in [-0.2, 0) is 0 Å². The van der Waals surface area contributed by atoms with Crippen LogP contribution >= 0.6 is 11.6 Å². The standard InChI is InChI=1S/C18H13ClN2O3/c19-13-9-7-12(8-10-13)17(22)20-14-4-1-2-5-15(14)21-18(23)16-6-3-11-24-16/h1-11H,(H,20,22)(H,21,23). The second-order valence-corrected chi connectivity index (χ2v) is 5.37. The van der Waals surface area contributed by atoms with E-state index in [0.29, 0.717) is 22.0 Å². The molecule has 0 radical (unpaired) electrons. The van der Waals surface area contributed by atoms with Crippen molar-refractivity contribution in [1.29, 1.82) is 0 Å². The quantitative estimate of drug-likeness (QED) is 0.737. The van der Waals surface area contributed by atoms with Gasteiger partial charge in [-0.25, -0.2) is 0 Å². The van der Waals surface area contributed by atoms with Gasteiger partial charge in [0, 0.05) is 10.6 Å². The predicted molar refractivity (Wildman–Crippen MR) is 92.5 cm³/mol. The molecule has 0 atom stereocenters. The summed E-state index contributed by atoms with van der Waals surface area (Å²) in [5.74, 6) is -0.506. The third-order valence-corrected chi connectivity index (χ3v) is 3.53. The van der Waals surface area contributed by atoms with Crippen LogP contribution in [0.4, 0.5) is 11.4 Å². The molecule has 0 fully saturated rings. The highest BCUT2D eigenvalue weighted by Crippen LogP contribution is 2.23. The fraction of sp³-hybridized carbons (Fsp3) is 0. The first kappa shape index (κ1) is 15.8. The summed E-state index contributed by atoms with van der Waals surface area (Å²) in [4.78, 5) is 24.4. The fourth-order valence-corrected chi connectivity index (χ4v) is 2.21. The molecule has 0 aliphatic carbocycles. The van der Waals surface area contributed by atoms with Crippen LogP contribution in [0.3, 0.4) is 0 Å². The lowest BCUT2D eigenvalue weighted by Gasteiger charge is -2.11. The molecule has 2 N–H and O–H groups in total. The van der Waals surface area contributed by atoms with Crippen LogP contribution < -0.4 is 10.6 Å². The zero-order valence-electron chi connectivity index (χ0n) is 12.5. The number of nitrogens with one attached hydrogen (secondary N) is 2. The SMILES string of the molecule is O=C(Nc1ccccc1NC(=O)c1ccco1)c1ccc(Cl)cc1. The summed E-state index contributed by atoms with van der Waals surface area (Å²) in [5.41, 5.74) is 1.42. The Kier molecular flexibility index (Phi) is 4.63. The van der Waals surface area contributed by atoms with E-state index < -0.39 is 5.91 Å². The smallest absolute Gasteiger partial charge is 0.291 e. The number of rotatable bonds is 4. The Bertz CT molecular complexity index is 858. The minimum atomic E-state index is -0.395. The van der Waals surface area contributed by atoms with Crippen LogP contribution in [0.25, 0.3) is 0 Å². The third-order valence-electron chi connectivity index (χ3n) is 3.27. The maximum absolute atomic E-state index is 12.3. The van der Waals surface area contributed by atoms with Crippen molar-refractivity contribution in [3.63, 3.8) is 0 Å². The Hall–Kier alpha value is -3.05. The Balaban J connectivity index is 1.77. The molecule has 2 aromatic carbocycles. The lowest BCUT2D eigenvalue weighted by atomic mass is 10.2. The van der Waals surface area contributed by atoms with Crippen molar-refractivity contribution in [2.75, 3.05) is 10.6 Å². The van der Waals surface area contributed by atoms with Crippen LogP contribution in [0.1, 0.15) is 20.9 Å². The van der Waals surface area contributed by atoms with Gasteiger partial charge in [0.05, 0.1) is 17.6 Å². The number of carbonyl (C=O) groups excluding carboxylic acids is 2. The van der Waals surface area contributed by atoms with E-state index in [0.717, 1.165) is 0 Å². The molecule has 24 heavy (non-hydrogen) atoms. The number of hydrogen-bond donors (Lipinski definition) is 2. The second-order valence-electron chi connectivity index (χ2n) is 4.94. The van der Waals surface area contributed by atoms with Crippen molar-refractivity contribution in [3.8, 4) is 0 Å². The van der Waals surface area contributed by atoms with E-state index in [1.807, 2.05) is 0 Å². The van der Waals surface area contributed by atoms with Gasteiger partial charge >= 0.3 is 0 Å². The summed E-state index contributed by atoms with van der Waals surface area (Å²) in [6.45, 7) is 0. The Morgan fingerprint density at radius 1 is 0.792 bits per heavy atom. The van der Waals surface area contributed by atoms with E-state index >= 15 is 0 Å². The number of benzene rings is 2. The number of hydrogen-bond acceptors (Lipinski definition) is 3. The minimum absolute atomic E-state index is 0.189. The zero-order valence-corrected chi connectivity index (χ0v) is 13.2. The molecule has 0 bridgehead atoms. The molecule has 0 unspecified atom stereocenters. The maximum Gasteiger partial charge on any atom is 0.291 e. The molecule has 3 rings (SSSR count). The Morgan fingerprint density at radius 2 is 1.42 bits per heavy atom. The van der Waals surface area contributed by atoms with Gasteiger partial charge in [0.2, 0.25) is 0 Å². The topological polar surface area (TPSA) is 71.3 Å². The number of halogens is 1. The summed E-state index contributed by atoms with van der Waals surface area (Å²) in [6.07, 6.45) is 1.42. The van der Waals surface area contributed by atoms with Gasteiger partial charge in [-0.2, -0.15) is 0 Å². The zero-order chi connectivity index (χ0) is 16.9. The lowest BCUT2D eigenvalue weighted by molar-refractivity contribution is 0.0993. The van der Waals surface area contributed by atoms with Crippen molar-refractivity contribution in [3.05, 3.63) is 83.3 Å². The van der Waals surface area contributed by atoms with Gasteiger partial charge in [-0.05, 0) is 48.5 Å². The summed E-state index contributed by atoms with van der Waals surface area (Å²) in [6, 6.07) is 16.6. The number of anilines is 2. The van der Waals surface area contributed by atoms with Gasteiger partial charge < -0.3 is 15.1 Å². The first-order valence-corrected chi connectivity index (χ1v) is 7.52. The summed E-state index contributed by atoms with van der Waals surface area (Å²) >= 11 is 5.82. The molecule has 0 aliphatic rings. The number of para-hydroxylation sites is 2. The average molecular weight is 341 g/mol.